The Hall–Kier alpha value is -1.81. The summed E-state index contributed by atoms with van der Waals surface area (Å²) in [5.74, 6) is 1.53. The van der Waals surface area contributed by atoms with Crippen LogP contribution in [-0.2, 0) is 11.3 Å². The lowest BCUT2D eigenvalue weighted by Crippen LogP contribution is -2.27. The largest absolute Gasteiger partial charge is 0.496 e. The summed E-state index contributed by atoms with van der Waals surface area (Å²) >= 11 is 1.75. The second-order valence-electron chi connectivity index (χ2n) is 5.90. The first-order valence-electron chi connectivity index (χ1n) is 7.53. The maximum absolute atomic E-state index is 12.6. The van der Waals surface area contributed by atoms with Crippen molar-refractivity contribution in [2.24, 2.45) is 5.92 Å². The van der Waals surface area contributed by atoms with E-state index >= 15 is 0 Å². The van der Waals surface area contributed by atoms with Crippen LogP contribution < -0.4 is 4.74 Å². The molecular formula is C18H21NO2S. The molecule has 1 aromatic heterocycles. The Morgan fingerprint density at radius 3 is 2.77 bits per heavy atom. The fourth-order valence-corrected chi connectivity index (χ4v) is 3.89. The van der Waals surface area contributed by atoms with Gasteiger partial charge in [-0.05, 0) is 43.0 Å². The molecule has 1 aromatic carbocycles. The minimum absolute atomic E-state index is 0.0994. The molecule has 1 fully saturated rings. The van der Waals surface area contributed by atoms with E-state index in [0.29, 0.717) is 12.5 Å². The van der Waals surface area contributed by atoms with E-state index in [0.717, 1.165) is 17.7 Å². The second kappa shape index (κ2) is 6.13. The van der Waals surface area contributed by atoms with Crippen molar-refractivity contribution in [3.8, 4) is 5.75 Å². The van der Waals surface area contributed by atoms with Gasteiger partial charge in [0.15, 0.2) is 0 Å². The smallest absolute Gasteiger partial charge is 0.226 e. The number of para-hydroxylation sites is 1. The standard InChI is InChI=1S/C18H21NO2S/c1-12-8-9-13(22-12)11-19(2)18(20)16-10-15(16)14-6-4-5-7-17(14)21-3/h4-9,15-16H,10-11H2,1-3H3. The van der Waals surface area contributed by atoms with Crippen LogP contribution in [0.4, 0.5) is 0 Å². The zero-order valence-corrected chi connectivity index (χ0v) is 14.0. The second-order valence-corrected chi connectivity index (χ2v) is 7.27. The number of benzene rings is 1. The van der Waals surface area contributed by atoms with Gasteiger partial charge in [0.05, 0.1) is 13.7 Å². The molecule has 0 spiro atoms. The molecule has 116 valence electrons. The average molecular weight is 315 g/mol. The molecule has 1 heterocycles. The van der Waals surface area contributed by atoms with Gasteiger partial charge in [-0.25, -0.2) is 0 Å². The molecule has 1 aliphatic rings. The van der Waals surface area contributed by atoms with E-state index in [4.69, 9.17) is 4.74 Å². The van der Waals surface area contributed by atoms with Crippen LogP contribution in [-0.4, -0.2) is 25.0 Å². The van der Waals surface area contributed by atoms with E-state index in [1.807, 2.05) is 30.1 Å². The van der Waals surface area contributed by atoms with Crippen LogP contribution in [0, 0.1) is 12.8 Å². The molecule has 3 rings (SSSR count). The number of hydrogen-bond donors (Lipinski definition) is 0. The van der Waals surface area contributed by atoms with Crippen molar-refractivity contribution in [3.63, 3.8) is 0 Å². The molecule has 2 aromatic rings. The topological polar surface area (TPSA) is 29.5 Å². The normalized spacial score (nSPS) is 19.8. The van der Waals surface area contributed by atoms with Crippen molar-refractivity contribution in [1.82, 2.24) is 4.90 Å². The summed E-state index contributed by atoms with van der Waals surface area (Å²) in [5, 5.41) is 0. The van der Waals surface area contributed by atoms with E-state index in [1.54, 1.807) is 18.4 Å². The SMILES string of the molecule is COc1ccccc1C1CC1C(=O)N(C)Cc1ccc(C)s1. The highest BCUT2D eigenvalue weighted by Gasteiger charge is 2.46. The number of carbonyl (C=O) groups is 1. The Morgan fingerprint density at radius 2 is 2.09 bits per heavy atom. The van der Waals surface area contributed by atoms with E-state index in [9.17, 15) is 4.79 Å². The van der Waals surface area contributed by atoms with Gasteiger partial charge in [0, 0.05) is 22.7 Å². The first kappa shape index (κ1) is 15.1. The van der Waals surface area contributed by atoms with Crippen molar-refractivity contribution >= 4 is 17.2 Å². The number of methoxy groups -OCH3 is 1. The average Bonchev–Trinajstić information content (AvgIpc) is 3.22. The van der Waals surface area contributed by atoms with Crippen LogP contribution in [0.2, 0.25) is 0 Å². The number of carbonyl (C=O) groups excluding carboxylic acids is 1. The summed E-state index contributed by atoms with van der Waals surface area (Å²) in [4.78, 5) is 17.0. The molecule has 1 amide bonds. The number of nitrogens with zero attached hydrogens (tertiary/aromatic N) is 1. The number of amides is 1. The van der Waals surface area contributed by atoms with E-state index in [2.05, 4.69) is 25.1 Å². The van der Waals surface area contributed by atoms with Crippen LogP contribution in [0.1, 0.15) is 27.7 Å². The monoisotopic (exact) mass is 315 g/mol. The van der Waals surface area contributed by atoms with E-state index in [-0.39, 0.29) is 11.8 Å². The summed E-state index contributed by atoms with van der Waals surface area (Å²) in [5.41, 5.74) is 1.16. The zero-order valence-electron chi connectivity index (χ0n) is 13.2. The van der Waals surface area contributed by atoms with Gasteiger partial charge < -0.3 is 9.64 Å². The van der Waals surface area contributed by atoms with Gasteiger partial charge in [-0.15, -0.1) is 11.3 Å². The lowest BCUT2D eigenvalue weighted by Gasteiger charge is -2.16. The van der Waals surface area contributed by atoms with Crippen LogP contribution in [0.15, 0.2) is 36.4 Å². The summed E-state index contributed by atoms with van der Waals surface area (Å²) in [7, 11) is 3.58. The van der Waals surface area contributed by atoms with Gasteiger partial charge >= 0.3 is 0 Å². The summed E-state index contributed by atoms with van der Waals surface area (Å²) in [6, 6.07) is 12.2. The number of hydrogen-bond acceptors (Lipinski definition) is 3. The summed E-state index contributed by atoms with van der Waals surface area (Å²) in [6.07, 6.45) is 0.924. The van der Waals surface area contributed by atoms with Crippen LogP contribution in [0.3, 0.4) is 0 Å². The highest BCUT2D eigenvalue weighted by Crippen LogP contribution is 2.51. The third-order valence-electron chi connectivity index (χ3n) is 4.21. The predicted octanol–water partition coefficient (Wildman–Crippen LogP) is 3.83. The van der Waals surface area contributed by atoms with Gasteiger partial charge in [0.1, 0.15) is 5.75 Å². The Labute approximate surface area is 135 Å². The van der Waals surface area contributed by atoms with Crippen molar-refractivity contribution in [2.45, 2.75) is 25.8 Å². The molecule has 2 atom stereocenters. The lowest BCUT2D eigenvalue weighted by molar-refractivity contribution is -0.131. The minimum atomic E-state index is 0.0994. The number of thiophene rings is 1. The van der Waals surface area contributed by atoms with Crippen molar-refractivity contribution < 1.29 is 9.53 Å². The van der Waals surface area contributed by atoms with Gasteiger partial charge in [-0.2, -0.15) is 0 Å². The van der Waals surface area contributed by atoms with Crippen LogP contribution in [0.5, 0.6) is 5.75 Å². The fraction of sp³-hybridized carbons (Fsp3) is 0.389. The highest BCUT2D eigenvalue weighted by molar-refractivity contribution is 7.11. The van der Waals surface area contributed by atoms with Gasteiger partial charge in [-0.3, -0.25) is 4.79 Å². The third-order valence-corrected chi connectivity index (χ3v) is 5.20. The Morgan fingerprint density at radius 1 is 1.32 bits per heavy atom. The zero-order chi connectivity index (χ0) is 15.7. The molecule has 0 aliphatic heterocycles. The first-order chi connectivity index (χ1) is 10.6. The molecule has 1 saturated carbocycles. The Bertz CT molecular complexity index is 679. The van der Waals surface area contributed by atoms with Crippen molar-refractivity contribution in [3.05, 3.63) is 51.7 Å². The predicted molar refractivity (Wildman–Crippen MR) is 89.4 cm³/mol. The Balaban J connectivity index is 1.65. The van der Waals surface area contributed by atoms with Gasteiger partial charge in [-0.1, -0.05) is 18.2 Å². The maximum atomic E-state index is 12.6. The third kappa shape index (κ3) is 3.02. The number of rotatable bonds is 5. The summed E-state index contributed by atoms with van der Waals surface area (Å²) in [6.45, 7) is 2.79. The number of ether oxygens (including phenoxy) is 1. The first-order valence-corrected chi connectivity index (χ1v) is 8.35. The molecule has 1 aliphatic carbocycles. The van der Waals surface area contributed by atoms with E-state index < -0.39 is 0 Å². The van der Waals surface area contributed by atoms with Crippen molar-refractivity contribution in [1.29, 1.82) is 0 Å². The Kier molecular flexibility index (Phi) is 4.21. The quantitative estimate of drug-likeness (QED) is 0.839. The fourth-order valence-electron chi connectivity index (χ4n) is 2.95. The highest BCUT2D eigenvalue weighted by atomic mass is 32.1. The van der Waals surface area contributed by atoms with Crippen molar-refractivity contribution in [2.75, 3.05) is 14.2 Å². The maximum Gasteiger partial charge on any atom is 0.226 e. The molecular weight excluding hydrogens is 294 g/mol. The number of aryl methyl sites for hydroxylation is 1. The van der Waals surface area contributed by atoms with Gasteiger partial charge in [0.2, 0.25) is 5.91 Å². The van der Waals surface area contributed by atoms with Crippen LogP contribution in [0.25, 0.3) is 0 Å². The minimum Gasteiger partial charge on any atom is -0.496 e. The molecule has 0 radical (unpaired) electrons. The summed E-state index contributed by atoms with van der Waals surface area (Å²) < 4.78 is 5.41. The molecule has 3 nitrogen and oxygen atoms in total. The molecule has 0 bridgehead atoms. The molecule has 2 unspecified atom stereocenters. The van der Waals surface area contributed by atoms with Crippen LogP contribution >= 0.6 is 11.3 Å². The van der Waals surface area contributed by atoms with E-state index in [1.165, 1.54) is 9.75 Å². The lowest BCUT2D eigenvalue weighted by atomic mass is 10.1. The molecule has 22 heavy (non-hydrogen) atoms. The molecule has 4 heteroatoms. The van der Waals surface area contributed by atoms with Gasteiger partial charge in [0.25, 0.3) is 0 Å². The molecule has 0 N–H and O–H groups in total. The molecule has 0 saturated heterocycles.